The number of piperidine rings is 1. The van der Waals surface area contributed by atoms with Gasteiger partial charge in [0.05, 0.1) is 6.61 Å². The normalized spacial score (nSPS) is 16.2. The van der Waals surface area contributed by atoms with Crippen LogP contribution in [0, 0.1) is 5.92 Å². The van der Waals surface area contributed by atoms with Crippen LogP contribution in [0.2, 0.25) is 0 Å². The maximum Gasteiger partial charge on any atom is 0.323 e. The van der Waals surface area contributed by atoms with E-state index in [1.807, 2.05) is 13.8 Å². The summed E-state index contributed by atoms with van der Waals surface area (Å²) in [6.45, 7) is 7.15. The number of nitrogens with zero attached hydrogens (tertiary/aromatic N) is 4. The van der Waals surface area contributed by atoms with Gasteiger partial charge in [0.25, 0.3) is 0 Å². The number of rotatable bonds is 6. The smallest absolute Gasteiger partial charge is 0.323 e. The number of hydrogen-bond donors (Lipinski definition) is 2. The molecule has 1 aromatic rings. The van der Waals surface area contributed by atoms with Crippen molar-refractivity contribution >= 4 is 11.9 Å². The van der Waals surface area contributed by atoms with Gasteiger partial charge in [-0.05, 0) is 32.6 Å². The minimum atomic E-state index is 0.262. The minimum absolute atomic E-state index is 0.262. The van der Waals surface area contributed by atoms with Crippen molar-refractivity contribution in [1.29, 1.82) is 0 Å². The predicted octanol–water partition coefficient (Wildman–Crippen LogP) is 0.911. The number of aliphatic hydroxyl groups is 1. The first-order chi connectivity index (χ1) is 9.76. The third-order valence-corrected chi connectivity index (χ3v) is 3.37. The van der Waals surface area contributed by atoms with Crippen LogP contribution in [-0.4, -0.2) is 52.9 Å². The second-order valence-corrected chi connectivity index (χ2v) is 4.82. The molecule has 112 valence electrons. The molecule has 0 atom stereocenters. The van der Waals surface area contributed by atoms with E-state index >= 15 is 0 Å². The fourth-order valence-electron chi connectivity index (χ4n) is 2.23. The van der Waals surface area contributed by atoms with Crippen LogP contribution in [0.1, 0.15) is 26.7 Å². The second-order valence-electron chi connectivity index (χ2n) is 4.82. The summed E-state index contributed by atoms with van der Waals surface area (Å²) in [6.07, 6.45) is 1.92. The number of ether oxygens (including phenoxy) is 1. The van der Waals surface area contributed by atoms with Crippen molar-refractivity contribution in [1.82, 2.24) is 15.0 Å². The standard InChI is InChI=1S/C13H23N5O2/c1-3-14-11-15-12(17-13(16-11)20-4-2)18-7-5-10(9-19)6-8-18/h10,19H,3-9H2,1-2H3,(H,14,15,16,17). The Morgan fingerprint density at radius 1 is 1.25 bits per heavy atom. The number of aliphatic hydroxyl groups excluding tert-OH is 1. The second kappa shape index (κ2) is 7.23. The van der Waals surface area contributed by atoms with Crippen LogP contribution in [0.3, 0.4) is 0 Å². The van der Waals surface area contributed by atoms with Gasteiger partial charge in [-0.15, -0.1) is 0 Å². The number of hydrogen-bond acceptors (Lipinski definition) is 7. The van der Waals surface area contributed by atoms with Crippen molar-refractivity contribution in [2.75, 3.05) is 43.1 Å². The van der Waals surface area contributed by atoms with Crippen molar-refractivity contribution in [3.63, 3.8) is 0 Å². The first kappa shape index (κ1) is 14.8. The molecule has 20 heavy (non-hydrogen) atoms. The van der Waals surface area contributed by atoms with E-state index in [2.05, 4.69) is 25.2 Å². The van der Waals surface area contributed by atoms with Crippen LogP contribution in [-0.2, 0) is 0 Å². The molecule has 1 aromatic heterocycles. The first-order valence-electron chi connectivity index (χ1n) is 7.25. The van der Waals surface area contributed by atoms with Gasteiger partial charge in [-0.3, -0.25) is 0 Å². The third-order valence-electron chi connectivity index (χ3n) is 3.37. The summed E-state index contributed by atoms with van der Waals surface area (Å²) in [7, 11) is 0. The van der Waals surface area contributed by atoms with Crippen molar-refractivity contribution in [3.8, 4) is 6.01 Å². The quantitative estimate of drug-likeness (QED) is 0.802. The fourth-order valence-corrected chi connectivity index (χ4v) is 2.23. The van der Waals surface area contributed by atoms with E-state index in [0.29, 0.717) is 30.4 Å². The minimum Gasteiger partial charge on any atom is -0.464 e. The molecule has 0 amide bonds. The molecule has 0 unspecified atom stereocenters. The topological polar surface area (TPSA) is 83.4 Å². The van der Waals surface area contributed by atoms with E-state index in [-0.39, 0.29) is 6.61 Å². The van der Waals surface area contributed by atoms with Crippen LogP contribution in [0.15, 0.2) is 0 Å². The Morgan fingerprint density at radius 2 is 2.00 bits per heavy atom. The number of anilines is 2. The van der Waals surface area contributed by atoms with Crippen LogP contribution >= 0.6 is 0 Å². The lowest BCUT2D eigenvalue weighted by atomic mass is 9.98. The monoisotopic (exact) mass is 281 g/mol. The Labute approximate surface area is 119 Å². The van der Waals surface area contributed by atoms with E-state index in [9.17, 15) is 5.11 Å². The van der Waals surface area contributed by atoms with Gasteiger partial charge >= 0.3 is 6.01 Å². The summed E-state index contributed by atoms with van der Waals surface area (Å²) >= 11 is 0. The Bertz CT molecular complexity index is 397. The Balaban J connectivity index is 2.13. The third kappa shape index (κ3) is 3.69. The first-order valence-corrected chi connectivity index (χ1v) is 7.25. The molecular formula is C13H23N5O2. The van der Waals surface area contributed by atoms with Gasteiger partial charge in [-0.2, -0.15) is 15.0 Å². The SMILES string of the molecule is CCNc1nc(OCC)nc(N2CCC(CO)CC2)n1. The Hall–Kier alpha value is -1.63. The Kier molecular flexibility index (Phi) is 5.34. The summed E-state index contributed by atoms with van der Waals surface area (Å²) < 4.78 is 5.40. The lowest BCUT2D eigenvalue weighted by Crippen LogP contribution is -2.36. The van der Waals surface area contributed by atoms with Crippen LogP contribution in [0.4, 0.5) is 11.9 Å². The molecule has 7 nitrogen and oxygen atoms in total. The summed E-state index contributed by atoms with van der Waals surface area (Å²) in [5.74, 6) is 1.59. The molecule has 1 fully saturated rings. The highest BCUT2D eigenvalue weighted by Crippen LogP contribution is 2.22. The van der Waals surface area contributed by atoms with Gasteiger partial charge in [0.15, 0.2) is 0 Å². The van der Waals surface area contributed by atoms with E-state index < -0.39 is 0 Å². The molecule has 0 aliphatic carbocycles. The molecule has 0 aromatic carbocycles. The molecule has 0 radical (unpaired) electrons. The molecule has 2 N–H and O–H groups in total. The van der Waals surface area contributed by atoms with Crippen LogP contribution < -0.4 is 15.0 Å². The van der Waals surface area contributed by atoms with Crippen molar-refractivity contribution in [2.45, 2.75) is 26.7 Å². The van der Waals surface area contributed by atoms with Crippen LogP contribution in [0.5, 0.6) is 6.01 Å². The lowest BCUT2D eigenvalue weighted by Gasteiger charge is -2.31. The number of aromatic nitrogens is 3. The molecule has 7 heteroatoms. The average Bonchev–Trinajstić information content (AvgIpc) is 2.48. The van der Waals surface area contributed by atoms with Crippen LogP contribution in [0.25, 0.3) is 0 Å². The molecule has 1 aliphatic rings. The average molecular weight is 281 g/mol. The highest BCUT2D eigenvalue weighted by Gasteiger charge is 2.21. The zero-order valence-electron chi connectivity index (χ0n) is 12.2. The highest BCUT2D eigenvalue weighted by atomic mass is 16.5. The molecule has 1 saturated heterocycles. The molecule has 2 heterocycles. The highest BCUT2D eigenvalue weighted by molar-refractivity contribution is 5.38. The zero-order valence-corrected chi connectivity index (χ0v) is 12.2. The van der Waals surface area contributed by atoms with Gasteiger partial charge in [0.1, 0.15) is 0 Å². The Morgan fingerprint density at radius 3 is 2.60 bits per heavy atom. The predicted molar refractivity (Wildman–Crippen MR) is 77.2 cm³/mol. The van der Waals surface area contributed by atoms with Gasteiger partial charge in [-0.1, -0.05) is 0 Å². The van der Waals surface area contributed by atoms with Crippen molar-refractivity contribution < 1.29 is 9.84 Å². The summed E-state index contributed by atoms with van der Waals surface area (Å²) in [6, 6.07) is 0.359. The molecule has 2 rings (SSSR count). The van der Waals surface area contributed by atoms with E-state index in [0.717, 1.165) is 32.5 Å². The lowest BCUT2D eigenvalue weighted by molar-refractivity contribution is 0.202. The summed E-state index contributed by atoms with van der Waals surface area (Å²) in [5, 5.41) is 12.3. The van der Waals surface area contributed by atoms with Crippen molar-refractivity contribution in [2.24, 2.45) is 5.92 Å². The largest absolute Gasteiger partial charge is 0.464 e. The molecule has 0 bridgehead atoms. The summed E-state index contributed by atoms with van der Waals surface area (Å²) in [5.41, 5.74) is 0. The van der Waals surface area contributed by atoms with Crippen molar-refractivity contribution in [3.05, 3.63) is 0 Å². The molecule has 1 aliphatic heterocycles. The van der Waals surface area contributed by atoms with Gasteiger partial charge in [0.2, 0.25) is 11.9 Å². The van der Waals surface area contributed by atoms with E-state index in [1.165, 1.54) is 0 Å². The number of nitrogens with one attached hydrogen (secondary N) is 1. The molecule has 0 saturated carbocycles. The maximum absolute atomic E-state index is 9.19. The van der Waals surface area contributed by atoms with E-state index in [1.54, 1.807) is 0 Å². The molecular weight excluding hydrogens is 258 g/mol. The van der Waals surface area contributed by atoms with Gasteiger partial charge in [0, 0.05) is 26.2 Å². The fraction of sp³-hybridized carbons (Fsp3) is 0.769. The van der Waals surface area contributed by atoms with E-state index in [4.69, 9.17) is 4.74 Å². The maximum atomic E-state index is 9.19. The molecule has 0 spiro atoms. The van der Waals surface area contributed by atoms with Gasteiger partial charge < -0.3 is 20.1 Å². The van der Waals surface area contributed by atoms with Gasteiger partial charge in [-0.25, -0.2) is 0 Å². The zero-order chi connectivity index (χ0) is 14.4. The summed E-state index contributed by atoms with van der Waals surface area (Å²) in [4.78, 5) is 15.1.